The van der Waals surface area contributed by atoms with Crippen molar-refractivity contribution >= 4 is 17.1 Å². The molecule has 2 rings (SSSR count). The molecule has 0 atom stereocenters. The standard InChI is InChI=1S/C15H16N6O/c1-9(19-21-20-18)10-5-6-14(16)13(8-10)15(17)11-3-2-4-12(22)7-11/h2-8,17,22H,1,16H2,(H2,18,21)(H,19,20). The van der Waals surface area contributed by atoms with Crippen LogP contribution in [0.5, 0.6) is 5.75 Å². The first-order chi connectivity index (χ1) is 10.5. The zero-order valence-electron chi connectivity index (χ0n) is 11.7. The predicted octanol–water partition coefficient (Wildman–Crippen LogP) is 2.19. The molecule has 2 aromatic carbocycles. The lowest BCUT2D eigenvalue weighted by Crippen LogP contribution is -2.08. The molecule has 0 aliphatic rings. The van der Waals surface area contributed by atoms with E-state index in [9.17, 15) is 5.11 Å². The van der Waals surface area contributed by atoms with Gasteiger partial charge in [0, 0.05) is 16.8 Å². The highest BCUT2D eigenvalue weighted by molar-refractivity contribution is 6.14. The number of nitrogens with two attached hydrogens (primary N) is 2. The lowest BCUT2D eigenvalue weighted by Gasteiger charge is -2.11. The number of anilines is 1. The minimum absolute atomic E-state index is 0.0893. The molecule has 0 fully saturated rings. The molecule has 22 heavy (non-hydrogen) atoms. The molecular formula is C15H16N6O. The van der Waals surface area contributed by atoms with E-state index < -0.39 is 0 Å². The van der Waals surface area contributed by atoms with Crippen molar-refractivity contribution in [1.29, 1.82) is 5.41 Å². The van der Waals surface area contributed by atoms with E-state index in [1.54, 1.807) is 36.4 Å². The maximum absolute atomic E-state index is 9.53. The number of phenols is 1. The fourth-order valence-electron chi connectivity index (χ4n) is 1.93. The number of phenolic OH excluding ortho intramolecular Hbond substituents is 1. The Morgan fingerprint density at radius 1 is 1.18 bits per heavy atom. The summed E-state index contributed by atoms with van der Waals surface area (Å²) in [5.41, 5.74) is 11.4. The second-order valence-electron chi connectivity index (χ2n) is 4.53. The summed E-state index contributed by atoms with van der Waals surface area (Å²) in [6.45, 7) is 3.81. The van der Waals surface area contributed by atoms with E-state index in [1.807, 2.05) is 0 Å². The van der Waals surface area contributed by atoms with E-state index in [-0.39, 0.29) is 11.5 Å². The molecule has 112 valence electrons. The van der Waals surface area contributed by atoms with Crippen molar-refractivity contribution in [3.8, 4) is 5.75 Å². The molecule has 0 spiro atoms. The maximum Gasteiger partial charge on any atom is 0.116 e. The first-order valence-corrected chi connectivity index (χ1v) is 6.36. The molecule has 7 N–H and O–H groups in total. The number of nitrogens with zero attached hydrogens (tertiary/aromatic N) is 2. The summed E-state index contributed by atoms with van der Waals surface area (Å²) < 4.78 is 0. The van der Waals surface area contributed by atoms with Gasteiger partial charge < -0.3 is 16.7 Å². The van der Waals surface area contributed by atoms with E-state index in [4.69, 9.17) is 17.0 Å². The average Bonchev–Trinajstić information content (AvgIpc) is 2.52. The van der Waals surface area contributed by atoms with Crippen LogP contribution in [0.15, 0.2) is 59.5 Å². The third kappa shape index (κ3) is 3.21. The molecule has 0 unspecified atom stereocenters. The average molecular weight is 296 g/mol. The number of rotatable bonds is 5. The Labute approximate surface area is 127 Å². The van der Waals surface area contributed by atoms with Crippen LogP contribution in [-0.2, 0) is 0 Å². The fraction of sp³-hybridized carbons (Fsp3) is 0. The third-order valence-corrected chi connectivity index (χ3v) is 3.05. The Morgan fingerprint density at radius 2 is 1.95 bits per heavy atom. The third-order valence-electron chi connectivity index (χ3n) is 3.05. The van der Waals surface area contributed by atoms with Gasteiger partial charge in [-0.1, -0.05) is 35.2 Å². The first-order valence-electron chi connectivity index (χ1n) is 6.36. The number of nitrogens with one attached hydrogen (secondary N) is 2. The summed E-state index contributed by atoms with van der Waals surface area (Å²) in [7, 11) is 0. The molecular weight excluding hydrogens is 280 g/mol. The highest BCUT2D eigenvalue weighted by atomic mass is 16.3. The van der Waals surface area contributed by atoms with Gasteiger partial charge in [-0.05, 0) is 29.8 Å². The summed E-state index contributed by atoms with van der Waals surface area (Å²) in [5.74, 6) is 5.01. The van der Waals surface area contributed by atoms with Gasteiger partial charge in [0.05, 0.1) is 11.4 Å². The second kappa shape index (κ2) is 6.40. The van der Waals surface area contributed by atoms with Gasteiger partial charge in [0.2, 0.25) is 0 Å². The van der Waals surface area contributed by atoms with E-state index >= 15 is 0 Å². The molecule has 0 radical (unpaired) electrons. The predicted molar refractivity (Wildman–Crippen MR) is 86.1 cm³/mol. The summed E-state index contributed by atoms with van der Waals surface area (Å²) >= 11 is 0. The Morgan fingerprint density at radius 3 is 2.64 bits per heavy atom. The quantitative estimate of drug-likeness (QED) is 0.190. The van der Waals surface area contributed by atoms with Crippen LogP contribution in [0.3, 0.4) is 0 Å². The second-order valence-corrected chi connectivity index (χ2v) is 4.53. The Hall–Kier alpha value is -3.35. The number of hydrogen-bond acceptors (Lipinski definition) is 5. The monoisotopic (exact) mass is 296 g/mol. The lowest BCUT2D eigenvalue weighted by molar-refractivity contribution is 0.475. The molecule has 7 heteroatoms. The van der Waals surface area contributed by atoms with Crippen molar-refractivity contribution in [1.82, 2.24) is 5.43 Å². The molecule has 0 saturated heterocycles. The van der Waals surface area contributed by atoms with Crippen LogP contribution in [0.1, 0.15) is 16.7 Å². The van der Waals surface area contributed by atoms with E-state index in [0.717, 1.165) is 0 Å². The van der Waals surface area contributed by atoms with Crippen LogP contribution in [0, 0.1) is 5.41 Å². The summed E-state index contributed by atoms with van der Waals surface area (Å²) in [6, 6.07) is 11.6. The molecule has 0 aromatic heterocycles. The fourth-order valence-corrected chi connectivity index (χ4v) is 1.93. The molecule has 2 aromatic rings. The maximum atomic E-state index is 9.53. The Bertz CT molecular complexity index is 753. The molecule has 0 saturated carbocycles. The van der Waals surface area contributed by atoms with Crippen molar-refractivity contribution in [2.45, 2.75) is 0 Å². The van der Waals surface area contributed by atoms with Crippen molar-refractivity contribution in [3.05, 3.63) is 65.7 Å². The summed E-state index contributed by atoms with van der Waals surface area (Å²) in [5, 5.41) is 24.4. The van der Waals surface area contributed by atoms with E-state index in [2.05, 4.69) is 22.5 Å². The Balaban J connectivity index is 2.38. The minimum Gasteiger partial charge on any atom is -0.508 e. The van der Waals surface area contributed by atoms with Crippen molar-refractivity contribution in [3.63, 3.8) is 0 Å². The topological polar surface area (TPSA) is 133 Å². The Kier molecular flexibility index (Phi) is 4.38. The van der Waals surface area contributed by atoms with Crippen LogP contribution in [0.4, 0.5) is 5.69 Å². The van der Waals surface area contributed by atoms with Gasteiger partial charge in [0.25, 0.3) is 0 Å². The van der Waals surface area contributed by atoms with Gasteiger partial charge in [-0.3, -0.25) is 10.8 Å². The number of aromatic hydroxyl groups is 1. The molecule has 7 nitrogen and oxygen atoms in total. The zero-order chi connectivity index (χ0) is 16.1. The van der Waals surface area contributed by atoms with Gasteiger partial charge in [-0.2, -0.15) is 0 Å². The summed E-state index contributed by atoms with van der Waals surface area (Å²) in [4.78, 5) is 0. The van der Waals surface area contributed by atoms with E-state index in [1.165, 1.54) is 6.07 Å². The van der Waals surface area contributed by atoms with Crippen LogP contribution in [-0.4, -0.2) is 10.8 Å². The van der Waals surface area contributed by atoms with Crippen LogP contribution in [0.25, 0.3) is 5.70 Å². The van der Waals surface area contributed by atoms with E-state index in [0.29, 0.717) is 28.1 Å². The smallest absolute Gasteiger partial charge is 0.116 e. The van der Waals surface area contributed by atoms with Gasteiger partial charge in [-0.15, -0.1) is 0 Å². The highest BCUT2D eigenvalue weighted by Gasteiger charge is 2.11. The highest BCUT2D eigenvalue weighted by Crippen LogP contribution is 2.22. The molecule has 0 aliphatic heterocycles. The molecule has 0 bridgehead atoms. The van der Waals surface area contributed by atoms with Crippen molar-refractivity contribution in [2.24, 2.45) is 16.3 Å². The first kappa shape index (κ1) is 15.0. The van der Waals surface area contributed by atoms with Crippen molar-refractivity contribution in [2.75, 3.05) is 5.73 Å². The van der Waals surface area contributed by atoms with Gasteiger partial charge in [-0.25, -0.2) is 0 Å². The SMILES string of the molecule is C=C(N/N=N\N)c1ccc(N)c(C(=N)c2cccc(O)c2)c1. The number of hydrogen-bond donors (Lipinski definition) is 5. The largest absolute Gasteiger partial charge is 0.508 e. The number of benzene rings is 2. The normalized spacial score (nSPS) is 10.5. The number of nitrogen functional groups attached to an aromatic ring is 1. The van der Waals surface area contributed by atoms with Gasteiger partial charge >= 0.3 is 0 Å². The zero-order valence-corrected chi connectivity index (χ0v) is 11.7. The summed E-state index contributed by atoms with van der Waals surface area (Å²) in [6.07, 6.45) is 0. The molecule has 0 heterocycles. The molecule has 0 aliphatic carbocycles. The van der Waals surface area contributed by atoms with Crippen LogP contribution in [0.2, 0.25) is 0 Å². The van der Waals surface area contributed by atoms with Gasteiger partial charge in [0.1, 0.15) is 5.75 Å². The molecule has 0 amide bonds. The lowest BCUT2D eigenvalue weighted by atomic mass is 9.98. The van der Waals surface area contributed by atoms with Gasteiger partial charge in [0.15, 0.2) is 0 Å². The van der Waals surface area contributed by atoms with Crippen LogP contribution < -0.4 is 17.0 Å². The van der Waals surface area contributed by atoms with Crippen LogP contribution >= 0.6 is 0 Å². The van der Waals surface area contributed by atoms with Crippen molar-refractivity contribution < 1.29 is 5.11 Å². The minimum atomic E-state index is 0.0893.